The lowest BCUT2D eigenvalue weighted by atomic mass is 9.84. The Morgan fingerprint density at radius 3 is 2.55 bits per heavy atom. The Labute approximate surface area is 139 Å². The van der Waals surface area contributed by atoms with Gasteiger partial charge in [-0.15, -0.1) is 11.8 Å². The zero-order valence-corrected chi connectivity index (χ0v) is 15.5. The van der Waals surface area contributed by atoms with E-state index in [9.17, 15) is 0 Å². The maximum atomic E-state index is 5.07. The summed E-state index contributed by atoms with van der Waals surface area (Å²) in [5.74, 6) is 0. The van der Waals surface area contributed by atoms with E-state index in [0.717, 1.165) is 25.0 Å². The molecular weight excluding hydrogens is 288 g/mol. The molecule has 0 aromatic rings. The summed E-state index contributed by atoms with van der Waals surface area (Å²) >= 11 is 1.78. The van der Waals surface area contributed by atoms with Gasteiger partial charge in [-0.3, -0.25) is 9.98 Å². The van der Waals surface area contributed by atoms with Crippen molar-refractivity contribution in [1.29, 1.82) is 0 Å². The van der Waals surface area contributed by atoms with E-state index in [0.29, 0.717) is 6.04 Å². The average molecular weight is 317 g/mol. The van der Waals surface area contributed by atoms with E-state index in [-0.39, 0.29) is 5.54 Å². The van der Waals surface area contributed by atoms with Crippen LogP contribution in [0, 0.1) is 0 Å². The summed E-state index contributed by atoms with van der Waals surface area (Å²) in [4.78, 5) is 11.2. The van der Waals surface area contributed by atoms with Crippen molar-refractivity contribution in [2.24, 2.45) is 9.98 Å². The highest BCUT2D eigenvalue weighted by Crippen LogP contribution is 2.37. The first kappa shape index (κ1) is 17.3. The monoisotopic (exact) mass is 316 g/mol. The highest BCUT2D eigenvalue weighted by Gasteiger charge is 2.30. The van der Waals surface area contributed by atoms with Crippen molar-refractivity contribution in [3.8, 4) is 0 Å². The molecule has 2 atom stereocenters. The van der Waals surface area contributed by atoms with E-state index in [1.807, 2.05) is 0 Å². The van der Waals surface area contributed by atoms with Crippen molar-refractivity contribution in [2.75, 3.05) is 6.26 Å². The highest BCUT2D eigenvalue weighted by molar-refractivity contribution is 8.03. The van der Waals surface area contributed by atoms with Crippen LogP contribution in [0.25, 0.3) is 0 Å². The smallest absolute Gasteiger partial charge is 0.0797 e. The van der Waals surface area contributed by atoms with E-state index in [1.165, 1.54) is 21.8 Å². The van der Waals surface area contributed by atoms with Crippen LogP contribution in [0.1, 0.15) is 53.9 Å². The topological polar surface area (TPSA) is 24.7 Å². The van der Waals surface area contributed by atoms with Crippen LogP contribution < -0.4 is 0 Å². The lowest BCUT2D eigenvalue weighted by molar-refractivity contribution is 0.559. The zero-order valence-electron chi connectivity index (χ0n) is 14.7. The fourth-order valence-corrected chi connectivity index (χ4v) is 3.33. The molecule has 22 heavy (non-hydrogen) atoms. The van der Waals surface area contributed by atoms with Gasteiger partial charge in [0.05, 0.1) is 17.0 Å². The molecule has 1 aliphatic heterocycles. The number of allylic oxidation sites excluding steroid dienone is 5. The summed E-state index contributed by atoms with van der Waals surface area (Å²) in [5, 5.41) is 0. The Morgan fingerprint density at radius 1 is 1.27 bits per heavy atom. The molecule has 2 unspecified atom stereocenters. The second-order valence-corrected chi connectivity index (χ2v) is 7.12. The van der Waals surface area contributed by atoms with Gasteiger partial charge in [0.15, 0.2) is 0 Å². The van der Waals surface area contributed by atoms with Crippen molar-refractivity contribution >= 4 is 23.2 Å². The van der Waals surface area contributed by atoms with Crippen LogP contribution in [0.2, 0.25) is 0 Å². The standard InChI is InChI=1S/C19H28N2S/c1-7-13(4)20-15-10-16-14(8-2)12-19(5,9-3)21-18(16)17(11-15)22-6/h10-13H,7-9H2,1-6H3. The third-order valence-corrected chi connectivity index (χ3v) is 5.29. The van der Waals surface area contributed by atoms with Crippen molar-refractivity contribution in [1.82, 2.24) is 0 Å². The second kappa shape index (κ2) is 6.99. The number of thioether (sulfide) groups is 1. The van der Waals surface area contributed by atoms with Crippen LogP contribution in [0.4, 0.5) is 0 Å². The minimum atomic E-state index is -0.0712. The van der Waals surface area contributed by atoms with Gasteiger partial charge in [0.1, 0.15) is 0 Å². The Hall–Kier alpha value is -1.09. The SMILES string of the molecule is CCC1=CC(C)(CC)N=C2C(SC)=CC(=NC(C)CC)C=C12. The van der Waals surface area contributed by atoms with Gasteiger partial charge in [-0.05, 0) is 57.1 Å². The quantitative estimate of drug-likeness (QED) is 0.626. The third-order valence-electron chi connectivity index (χ3n) is 4.53. The Morgan fingerprint density at radius 2 is 2.00 bits per heavy atom. The predicted octanol–water partition coefficient (Wildman–Crippen LogP) is 5.37. The first-order valence-corrected chi connectivity index (χ1v) is 9.56. The van der Waals surface area contributed by atoms with Crippen LogP contribution in [0.3, 0.4) is 0 Å². The number of fused-ring (bicyclic) bond motifs is 1. The van der Waals surface area contributed by atoms with Crippen LogP contribution >= 0.6 is 11.8 Å². The number of rotatable bonds is 5. The van der Waals surface area contributed by atoms with E-state index in [1.54, 1.807) is 11.8 Å². The molecule has 0 N–H and O–H groups in total. The highest BCUT2D eigenvalue weighted by atomic mass is 32.2. The molecule has 0 radical (unpaired) electrons. The number of hydrogen-bond donors (Lipinski definition) is 0. The van der Waals surface area contributed by atoms with Crippen molar-refractivity contribution in [2.45, 2.75) is 65.5 Å². The van der Waals surface area contributed by atoms with Crippen LogP contribution in [0.15, 0.2) is 44.3 Å². The maximum absolute atomic E-state index is 5.07. The summed E-state index contributed by atoms with van der Waals surface area (Å²) in [6.45, 7) is 11.0. The van der Waals surface area contributed by atoms with E-state index in [2.05, 4.69) is 59.1 Å². The summed E-state index contributed by atoms with van der Waals surface area (Å²) in [6, 6.07) is 0.364. The van der Waals surface area contributed by atoms with Gasteiger partial charge in [-0.2, -0.15) is 0 Å². The Balaban J connectivity index is 2.53. The summed E-state index contributed by atoms with van der Waals surface area (Å²) in [5.41, 5.74) is 4.87. The molecule has 2 nitrogen and oxygen atoms in total. The van der Waals surface area contributed by atoms with Gasteiger partial charge in [-0.25, -0.2) is 0 Å². The number of hydrogen-bond acceptors (Lipinski definition) is 3. The molecule has 120 valence electrons. The molecule has 0 spiro atoms. The van der Waals surface area contributed by atoms with Crippen LogP contribution in [0.5, 0.6) is 0 Å². The molecule has 0 bridgehead atoms. The molecule has 0 saturated heterocycles. The van der Waals surface area contributed by atoms with Gasteiger partial charge in [0, 0.05) is 16.5 Å². The fraction of sp³-hybridized carbons (Fsp3) is 0.579. The molecule has 0 aromatic carbocycles. The largest absolute Gasteiger partial charge is 0.282 e. The maximum Gasteiger partial charge on any atom is 0.0797 e. The molecule has 1 aliphatic carbocycles. The second-order valence-electron chi connectivity index (χ2n) is 6.28. The minimum absolute atomic E-state index is 0.0712. The first-order chi connectivity index (χ1) is 10.5. The van der Waals surface area contributed by atoms with Gasteiger partial charge < -0.3 is 0 Å². The normalized spacial score (nSPS) is 27.6. The van der Waals surface area contributed by atoms with Gasteiger partial charge in [0.2, 0.25) is 0 Å². The molecule has 2 rings (SSSR count). The average Bonchev–Trinajstić information content (AvgIpc) is 2.53. The van der Waals surface area contributed by atoms with E-state index < -0.39 is 0 Å². The third kappa shape index (κ3) is 3.45. The number of nitrogens with zero attached hydrogens (tertiary/aromatic N) is 2. The fourth-order valence-electron chi connectivity index (χ4n) is 2.74. The van der Waals surface area contributed by atoms with Crippen molar-refractivity contribution < 1.29 is 0 Å². The summed E-state index contributed by atoms with van der Waals surface area (Å²) in [7, 11) is 0. The minimum Gasteiger partial charge on any atom is -0.282 e. The molecule has 0 amide bonds. The van der Waals surface area contributed by atoms with E-state index in [4.69, 9.17) is 9.98 Å². The number of dihydropyridines is 1. The lowest BCUT2D eigenvalue weighted by Crippen LogP contribution is -2.29. The van der Waals surface area contributed by atoms with Gasteiger partial charge in [0.25, 0.3) is 0 Å². The molecule has 0 aromatic heterocycles. The Kier molecular flexibility index (Phi) is 5.49. The molecule has 2 aliphatic rings. The first-order valence-electron chi connectivity index (χ1n) is 8.34. The van der Waals surface area contributed by atoms with E-state index >= 15 is 0 Å². The lowest BCUT2D eigenvalue weighted by Gasteiger charge is -2.32. The number of aliphatic imine (C=N–C) groups is 2. The predicted molar refractivity (Wildman–Crippen MR) is 101 cm³/mol. The van der Waals surface area contributed by atoms with Crippen molar-refractivity contribution in [3.05, 3.63) is 34.3 Å². The van der Waals surface area contributed by atoms with Gasteiger partial charge in [-0.1, -0.05) is 26.8 Å². The molecule has 0 fully saturated rings. The summed E-state index contributed by atoms with van der Waals surface area (Å²) < 4.78 is 0. The van der Waals surface area contributed by atoms with Crippen LogP contribution in [-0.2, 0) is 0 Å². The zero-order chi connectivity index (χ0) is 16.3. The molecule has 0 saturated carbocycles. The van der Waals surface area contributed by atoms with Gasteiger partial charge >= 0.3 is 0 Å². The molecule has 1 heterocycles. The van der Waals surface area contributed by atoms with Crippen LogP contribution in [-0.4, -0.2) is 29.3 Å². The Bertz CT molecular complexity index is 593. The molecule has 3 heteroatoms. The summed E-state index contributed by atoms with van der Waals surface area (Å²) in [6.07, 6.45) is 12.1. The van der Waals surface area contributed by atoms with Crippen molar-refractivity contribution in [3.63, 3.8) is 0 Å². The molecular formula is C19H28N2S.